The molecule has 3 unspecified atom stereocenters. The van der Waals surface area contributed by atoms with E-state index in [1.807, 2.05) is 11.9 Å². The van der Waals surface area contributed by atoms with Crippen LogP contribution in [0.3, 0.4) is 0 Å². The number of piperidine rings is 1. The van der Waals surface area contributed by atoms with Gasteiger partial charge >= 0.3 is 0 Å². The molecule has 0 spiro atoms. The monoisotopic (exact) mass is 675 g/mol. The number of rotatable bonds is 11. The molecule has 11 nitrogen and oxygen atoms in total. The van der Waals surface area contributed by atoms with E-state index in [-0.39, 0.29) is 40.3 Å². The molecule has 15 N–H and O–H groups in total. The Bertz CT molecular complexity index is 810. The zero-order chi connectivity index (χ0) is 26.4. The van der Waals surface area contributed by atoms with Gasteiger partial charge in [0.15, 0.2) is 0 Å². The van der Waals surface area contributed by atoms with Crippen LogP contribution in [0.2, 0.25) is 0 Å². The summed E-state index contributed by atoms with van der Waals surface area (Å²) in [5, 5.41) is 8.42. The summed E-state index contributed by atoms with van der Waals surface area (Å²) in [6.45, 7) is 17.6. The van der Waals surface area contributed by atoms with Crippen molar-refractivity contribution in [2.75, 3.05) is 53.0 Å². The normalized spacial score (nSPS) is 27.2. The summed E-state index contributed by atoms with van der Waals surface area (Å²) in [5.74, 6) is 2.03. The second kappa shape index (κ2) is 23.9. The first kappa shape index (κ1) is 50.5. The molecule has 2 aliphatic carbocycles. The molecule has 0 radical (unpaired) electrons. The molecule has 4 aliphatic rings. The molecule has 0 amide bonds. The van der Waals surface area contributed by atoms with Crippen LogP contribution in [0.4, 0.5) is 0 Å². The fourth-order valence-corrected chi connectivity index (χ4v) is 8.08. The molecule has 268 valence electrons. The summed E-state index contributed by atoms with van der Waals surface area (Å²) in [7, 11) is 2.17. The van der Waals surface area contributed by atoms with Crippen LogP contribution in [-0.2, 0) is 0 Å². The van der Waals surface area contributed by atoms with Crippen LogP contribution in [0.25, 0.3) is 0 Å². The van der Waals surface area contributed by atoms with Crippen LogP contribution in [0.1, 0.15) is 80.1 Å². The maximum Gasteiger partial charge on any atom is 0.0818 e. The zero-order valence-corrected chi connectivity index (χ0v) is 28.8. The highest BCUT2D eigenvalue weighted by Gasteiger charge is 2.39. The molecule has 44 heavy (non-hydrogen) atoms. The highest BCUT2D eigenvalue weighted by atomic mass is 35.5. The second-order valence-corrected chi connectivity index (χ2v) is 15.0. The van der Waals surface area contributed by atoms with E-state index in [1.54, 1.807) is 11.1 Å². The van der Waals surface area contributed by atoms with Gasteiger partial charge in [-0.15, -0.1) is 11.6 Å². The Hall–Kier alpha value is -0.320. The van der Waals surface area contributed by atoms with Crippen molar-refractivity contribution in [1.29, 1.82) is 0 Å². The number of hydrogen-bond acceptors (Lipinski definition) is 6. The Morgan fingerprint density at radius 1 is 1.07 bits per heavy atom. The second-order valence-electron chi connectivity index (χ2n) is 13.3. The van der Waals surface area contributed by atoms with Gasteiger partial charge in [0.1, 0.15) is 0 Å². The van der Waals surface area contributed by atoms with E-state index >= 15 is 0 Å². The molecule has 2 saturated heterocycles. The van der Waals surface area contributed by atoms with E-state index in [4.69, 9.17) is 11.6 Å². The van der Waals surface area contributed by atoms with Crippen LogP contribution in [0, 0.1) is 23.2 Å². The minimum atomic E-state index is 0. The maximum absolute atomic E-state index is 6.38. The lowest BCUT2D eigenvalue weighted by molar-refractivity contribution is 0.0595. The van der Waals surface area contributed by atoms with Gasteiger partial charge in [-0.1, -0.05) is 70.4 Å². The van der Waals surface area contributed by atoms with Crippen LogP contribution < -0.4 is 15.4 Å². The van der Waals surface area contributed by atoms with E-state index in [0.29, 0.717) is 34.0 Å². The van der Waals surface area contributed by atoms with E-state index in [2.05, 4.69) is 72.1 Å². The molecule has 0 aromatic carbocycles. The van der Waals surface area contributed by atoms with E-state index in [0.717, 1.165) is 45.1 Å². The molecular formula is C31H70ClN5O6S. The molecule has 2 heterocycles. The van der Waals surface area contributed by atoms with Crippen molar-refractivity contribution in [1.82, 2.24) is 25.2 Å². The van der Waals surface area contributed by atoms with Gasteiger partial charge < -0.3 is 43.1 Å². The van der Waals surface area contributed by atoms with Gasteiger partial charge in [-0.25, -0.2) is 0 Å². The van der Waals surface area contributed by atoms with Gasteiger partial charge in [-0.3, -0.25) is 14.9 Å². The minimum absolute atomic E-state index is 0. The van der Waals surface area contributed by atoms with Gasteiger partial charge in [0.25, 0.3) is 0 Å². The SMILES string of the molecule is C.CC(C)[C@H](CN1CC[C@H](C2=CCC(Cl)CC2)C(C)(C)C1)NCC1C=C(CNSC2CN(C)CN2)CCC1.O.O.O.O.O.O. The standard InChI is InChI=1S/C30H54ClN5S.CH4.6H2O/c1-22(2)28(18-36-14-13-27(30(3,4)20-36)25-9-11-26(31)12-10-25)32-16-23-7-6-8-24(15-23)17-34-37-29-19-35(5)21-33-29;;;;;;;/h9,15,22-23,26-29,32-34H,6-8,10-14,16-21H2,1-5H3;1H4;6*1H2/t23?,26?,27-,28+,29?;;;;;;;/m1......./s1. The molecular weight excluding hydrogens is 606 g/mol. The van der Waals surface area contributed by atoms with Crippen LogP contribution in [0.15, 0.2) is 23.3 Å². The highest BCUT2D eigenvalue weighted by Crippen LogP contribution is 2.43. The Balaban J connectivity index is -0.00000114. The Morgan fingerprint density at radius 2 is 1.77 bits per heavy atom. The Kier molecular flexibility index (Phi) is 27.5. The number of hydrogen-bond donors (Lipinski definition) is 3. The van der Waals surface area contributed by atoms with Crippen molar-refractivity contribution in [3.8, 4) is 0 Å². The zero-order valence-electron chi connectivity index (χ0n) is 27.2. The van der Waals surface area contributed by atoms with Crippen LogP contribution in [-0.4, -0.2) is 112 Å². The van der Waals surface area contributed by atoms with Crippen molar-refractivity contribution in [3.05, 3.63) is 23.3 Å². The van der Waals surface area contributed by atoms with Gasteiger partial charge in [0.05, 0.1) is 5.37 Å². The molecule has 0 aromatic rings. The third-order valence-electron chi connectivity index (χ3n) is 9.18. The smallest absolute Gasteiger partial charge is 0.0818 e. The number of likely N-dealkylation sites (N-methyl/N-ethyl adjacent to an activating group) is 1. The fraction of sp³-hybridized carbons (Fsp3) is 0.871. The van der Waals surface area contributed by atoms with Crippen molar-refractivity contribution in [3.63, 3.8) is 0 Å². The lowest BCUT2D eigenvalue weighted by atomic mass is 9.68. The average Bonchev–Trinajstić information content (AvgIpc) is 3.27. The van der Waals surface area contributed by atoms with Crippen molar-refractivity contribution < 1.29 is 32.9 Å². The predicted molar refractivity (Wildman–Crippen MR) is 190 cm³/mol. The summed E-state index contributed by atoms with van der Waals surface area (Å²) in [6, 6.07) is 0.552. The van der Waals surface area contributed by atoms with Gasteiger partial charge in [-0.2, -0.15) is 0 Å². The van der Waals surface area contributed by atoms with Crippen LogP contribution in [0.5, 0.6) is 0 Å². The quantitative estimate of drug-likeness (QED) is 0.165. The third kappa shape index (κ3) is 15.1. The number of allylic oxidation sites excluding steroid dienone is 2. The van der Waals surface area contributed by atoms with Crippen molar-refractivity contribution >= 4 is 23.5 Å². The predicted octanol–water partition coefficient (Wildman–Crippen LogP) is 1.14. The molecule has 13 heteroatoms. The number of halogens is 1. The minimum Gasteiger partial charge on any atom is -0.412 e. The summed E-state index contributed by atoms with van der Waals surface area (Å²) < 4.78 is 3.63. The summed E-state index contributed by atoms with van der Waals surface area (Å²) >= 11 is 8.23. The van der Waals surface area contributed by atoms with E-state index in [9.17, 15) is 0 Å². The fourth-order valence-electron chi connectivity index (χ4n) is 6.93. The molecule has 5 atom stereocenters. The number of likely N-dealkylation sites (tertiary alicyclic amines) is 1. The first-order valence-corrected chi connectivity index (χ1v) is 16.3. The lowest BCUT2D eigenvalue weighted by Crippen LogP contribution is -2.52. The number of nitrogens with zero attached hydrogens (tertiary/aromatic N) is 2. The number of alkyl halides is 1. The van der Waals surface area contributed by atoms with E-state index in [1.165, 1.54) is 51.7 Å². The van der Waals surface area contributed by atoms with Gasteiger partial charge in [0.2, 0.25) is 0 Å². The Labute approximate surface area is 277 Å². The van der Waals surface area contributed by atoms with Gasteiger partial charge in [-0.05, 0) is 81.7 Å². The third-order valence-corrected chi connectivity index (χ3v) is 10.5. The van der Waals surface area contributed by atoms with Crippen molar-refractivity contribution in [2.45, 2.75) is 96.9 Å². The molecule has 0 saturated carbocycles. The molecule has 0 aromatic heterocycles. The first-order valence-electron chi connectivity index (χ1n) is 15.0. The molecule has 2 fully saturated rings. The largest absolute Gasteiger partial charge is 0.412 e. The number of nitrogens with one attached hydrogen (secondary N) is 3. The van der Waals surface area contributed by atoms with Crippen LogP contribution >= 0.6 is 23.5 Å². The Morgan fingerprint density at radius 3 is 2.34 bits per heavy atom. The van der Waals surface area contributed by atoms with Gasteiger partial charge in [0, 0.05) is 50.8 Å². The molecule has 0 bridgehead atoms. The lowest BCUT2D eigenvalue weighted by Gasteiger charge is -2.47. The maximum atomic E-state index is 6.38. The highest BCUT2D eigenvalue weighted by molar-refractivity contribution is 7.98. The summed E-state index contributed by atoms with van der Waals surface area (Å²) in [6.07, 6.45) is 13.7. The summed E-state index contributed by atoms with van der Waals surface area (Å²) in [4.78, 5) is 5.08. The van der Waals surface area contributed by atoms with E-state index < -0.39 is 0 Å². The summed E-state index contributed by atoms with van der Waals surface area (Å²) in [5.41, 5.74) is 3.62. The average molecular weight is 676 g/mol. The topological polar surface area (TPSA) is 232 Å². The molecule has 4 rings (SSSR count). The van der Waals surface area contributed by atoms with Crippen molar-refractivity contribution in [2.24, 2.45) is 23.2 Å². The molecule has 2 aliphatic heterocycles. The first-order chi connectivity index (χ1) is 17.7.